The van der Waals surface area contributed by atoms with Crippen molar-refractivity contribution >= 4 is 5.91 Å². The first kappa shape index (κ1) is 13.4. The molecule has 108 valence electrons. The molecule has 0 aromatic rings. The topological polar surface area (TPSA) is 55.6 Å². The molecule has 0 aromatic heterocycles. The standard InChI is InChI=1S/C15H26N2O2/c1-19-9-10-3-2-6-17(8-10)15(18)13-11-4-5-12(7-11)14(13)16/h10-14H,2-9,16H2,1H3. The second-order valence-electron chi connectivity index (χ2n) is 6.68. The molecule has 3 rings (SSSR count). The van der Waals surface area contributed by atoms with Gasteiger partial charge in [-0.25, -0.2) is 0 Å². The number of piperidine rings is 1. The Morgan fingerprint density at radius 2 is 2.11 bits per heavy atom. The van der Waals surface area contributed by atoms with Crippen LogP contribution in [0.5, 0.6) is 0 Å². The van der Waals surface area contributed by atoms with Crippen molar-refractivity contribution in [3.8, 4) is 0 Å². The number of ether oxygens (including phenoxy) is 1. The fourth-order valence-corrected chi connectivity index (χ4v) is 4.55. The third kappa shape index (κ3) is 2.40. The highest BCUT2D eigenvalue weighted by Gasteiger charge is 2.50. The molecule has 0 radical (unpaired) electrons. The lowest BCUT2D eigenvalue weighted by Crippen LogP contribution is -2.50. The first-order valence-electron chi connectivity index (χ1n) is 7.74. The molecule has 19 heavy (non-hydrogen) atoms. The van der Waals surface area contributed by atoms with Gasteiger partial charge in [-0.3, -0.25) is 4.79 Å². The van der Waals surface area contributed by atoms with Crippen molar-refractivity contribution in [1.29, 1.82) is 0 Å². The Morgan fingerprint density at radius 1 is 1.32 bits per heavy atom. The number of hydrogen-bond donors (Lipinski definition) is 1. The van der Waals surface area contributed by atoms with E-state index in [1.165, 1.54) is 25.7 Å². The predicted molar refractivity (Wildman–Crippen MR) is 73.5 cm³/mol. The summed E-state index contributed by atoms with van der Waals surface area (Å²) < 4.78 is 5.24. The van der Waals surface area contributed by atoms with Crippen LogP contribution in [0.2, 0.25) is 0 Å². The van der Waals surface area contributed by atoms with Crippen LogP contribution in [0.4, 0.5) is 0 Å². The largest absolute Gasteiger partial charge is 0.384 e. The number of rotatable bonds is 3. The van der Waals surface area contributed by atoms with Crippen LogP contribution in [0, 0.1) is 23.7 Å². The molecule has 1 saturated heterocycles. The van der Waals surface area contributed by atoms with Crippen molar-refractivity contribution in [2.45, 2.75) is 38.1 Å². The molecular formula is C15H26N2O2. The fourth-order valence-electron chi connectivity index (χ4n) is 4.55. The molecule has 2 saturated carbocycles. The Balaban J connectivity index is 1.63. The number of hydrogen-bond acceptors (Lipinski definition) is 3. The van der Waals surface area contributed by atoms with E-state index in [2.05, 4.69) is 4.90 Å². The summed E-state index contributed by atoms with van der Waals surface area (Å²) in [5, 5.41) is 0. The number of carbonyl (C=O) groups is 1. The van der Waals surface area contributed by atoms with Crippen LogP contribution in [0.15, 0.2) is 0 Å². The highest BCUT2D eigenvalue weighted by atomic mass is 16.5. The molecule has 1 heterocycles. The van der Waals surface area contributed by atoms with Crippen molar-refractivity contribution in [2.24, 2.45) is 29.4 Å². The van der Waals surface area contributed by atoms with Gasteiger partial charge in [0.15, 0.2) is 0 Å². The summed E-state index contributed by atoms with van der Waals surface area (Å²) >= 11 is 0. The summed E-state index contributed by atoms with van der Waals surface area (Å²) in [4.78, 5) is 14.8. The van der Waals surface area contributed by atoms with Gasteiger partial charge in [0.1, 0.15) is 0 Å². The lowest BCUT2D eigenvalue weighted by Gasteiger charge is -2.37. The molecule has 4 heteroatoms. The van der Waals surface area contributed by atoms with E-state index in [0.29, 0.717) is 23.7 Å². The Hall–Kier alpha value is -0.610. The van der Waals surface area contributed by atoms with Crippen LogP contribution in [-0.2, 0) is 9.53 Å². The van der Waals surface area contributed by atoms with E-state index in [-0.39, 0.29) is 12.0 Å². The molecule has 3 aliphatic rings. The second kappa shape index (κ2) is 5.41. The lowest BCUT2D eigenvalue weighted by molar-refractivity contribution is -0.140. The summed E-state index contributed by atoms with van der Waals surface area (Å²) in [6.45, 7) is 2.56. The van der Waals surface area contributed by atoms with Crippen LogP contribution in [0.1, 0.15) is 32.1 Å². The number of fused-ring (bicyclic) bond motifs is 2. The van der Waals surface area contributed by atoms with Gasteiger partial charge in [0, 0.05) is 26.2 Å². The smallest absolute Gasteiger partial charge is 0.227 e. The molecule has 2 aliphatic carbocycles. The molecule has 1 amide bonds. The molecule has 2 N–H and O–H groups in total. The van der Waals surface area contributed by atoms with Gasteiger partial charge in [0.2, 0.25) is 5.91 Å². The van der Waals surface area contributed by atoms with Crippen molar-refractivity contribution < 1.29 is 9.53 Å². The Kier molecular flexibility index (Phi) is 3.81. The van der Waals surface area contributed by atoms with Crippen LogP contribution in [0.25, 0.3) is 0 Å². The van der Waals surface area contributed by atoms with Crippen LogP contribution in [-0.4, -0.2) is 43.7 Å². The van der Waals surface area contributed by atoms with Gasteiger partial charge in [-0.2, -0.15) is 0 Å². The number of methoxy groups -OCH3 is 1. The maximum Gasteiger partial charge on any atom is 0.227 e. The highest BCUT2D eigenvalue weighted by Crippen LogP contribution is 2.48. The number of carbonyl (C=O) groups excluding carboxylic acids is 1. The minimum absolute atomic E-state index is 0.111. The predicted octanol–water partition coefficient (Wildman–Crippen LogP) is 1.24. The number of nitrogens with zero attached hydrogens (tertiary/aromatic N) is 1. The monoisotopic (exact) mass is 266 g/mol. The van der Waals surface area contributed by atoms with Gasteiger partial charge in [0.25, 0.3) is 0 Å². The SMILES string of the molecule is COCC1CCCN(C(=O)C2C3CCC(C3)C2N)C1. The van der Waals surface area contributed by atoms with Crippen LogP contribution in [0.3, 0.4) is 0 Å². The summed E-state index contributed by atoms with van der Waals surface area (Å²) in [5.74, 6) is 2.13. The van der Waals surface area contributed by atoms with Gasteiger partial charge < -0.3 is 15.4 Å². The zero-order chi connectivity index (χ0) is 13.4. The maximum absolute atomic E-state index is 12.8. The summed E-state index contributed by atoms with van der Waals surface area (Å²) in [5.41, 5.74) is 6.29. The van der Waals surface area contributed by atoms with E-state index in [1.54, 1.807) is 7.11 Å². The summed E-state index contributed by atoms with van der Waals surface area (Å²) in [6.07, 6.45) is 5.93. The first-order chi connectivity index (χ1) is 9.20. The zero-order valence-corrected chi connectivity index (χ0v) is 11.9. The van der Waals surface area contributed by atoms with Crippen LogP contribution < -0.4 is 5.73 Å². The quantitative estimate of drug-likeness (QED) is 0.836. The Morgan fingerprint density at radius 3 is 2.79 bits per heavy atom. The average Bonchev–Trinajstić information content (AvgIpc) is 2.99. The van der Waals surface area contributed by atoms with Gasteiger partial charge in [-0.05, 0) is 49.9 Å². The molecule has 0 aromatic carbocycles. The van der Waals surface area contributed by atoms with Crippen molar-refractivity contribution in [1.82, 2.24) is 4.90 Å². The Bertz CT molecular complexity index is 343. The van der Waals surface area contributed by atoms with E-state index in [9.17, 15) is 4.79 Å². The fraction of sp³-hybridized carbons (Fsp3) is 0.933. The molecule has 4 nitrogen and oxygen atoms in total. The van der Waals surface area contributed by atoms with E-state index in [1.807, 2.05) is 0 Å². The van der Waals surface area contributed by atoms with Gasteiger partial charge in [-0.15, -0.1) is 0 Å². The van der Waals surface area contributed by atoms with Crippen LogP contribution >= 0.6 is 0 Å². The third-order valence-corrected chi connectivity index (χ3v) is 5.50. The van der Waals surface area contributed by atoms with E-state index >= 15 is 0 Å². The number of nitrogens with two attached hydrogens (primary N) is 1. The van der Waals surface area contributed by atoms with Crippen molar-refractivity contribution in [2.75, 3.05) is 26.8 Å². The van der Waals surface area contributed by atoms with Gasteiger partial charge in [-0.1, -0.05) is 0 Å². The maximum atomic E-state index is 12.8. The van der Waals surface area contributed by atoms with Crippen molar-refractivity contribution in [3.05, 3.63) is 0 Å². The molecular weight excluding hydrogens is 240 g/mol. The molecule has 2 bridgehead atoms. The highest BCUT2D eigenvalue weighted by molar-refractivity contribution is 5.80. The summed E-state index contributed by atoms with van der Waals surface area (Å²) in [6, 6.07) is 0.119. The van der Waals surface area contributed by atoms with Gasteiger partial charge in [0.05, 0.1) is 12.5 Å². The molecule has 5 atom stereocenters. The molecule has 1 aliphatic heterocycles. The first-order valence-corrected chi connectivity index (χ1v) is 7.74. The Labute approximate surface area is 115 Å². The minimum Gasteiger partial charge on any atom is -0.384 e. The lowest BCUT2D eigenvalue weighted by atomic mass is 9.83. The van der Waals surface area contributed by atoms with E-state index < -0.39 is 0 Å². The summed E-state index contributed by atoms with van der Waals surface area (Å²) in [7, 11) is 1.74. The van der Waals surface area contributed by atoms with Crippen molar-refractivity contribution in [3.63, 3.8) is 0 Å². The van der Waals surface area contributed by atoms with E-state index in [0.717, 1.165) is 26.1 Å². The number of likely N-dealkylation sites (tertiary alicyclic amines) is 1. The molecule has 3 fully saturated rings. The average molecular weight is 266 g/mol. The normalized spacial score (nSPS) is 41.8. The number of amides is 1. The second-order valence-corrected chi connectivity index (χ2v) is 6.68. The molecule has 5 unspecified atom stereocenters. The zero-order valence-electron chi connectivity index (χ0n) is 11.9. The third-order valence-electron chi connectivity index (χ3n) is 5.50. The molecule has 0 spiro atoms. The van der Waals surface area contributed by atoms with Gasteiger partial charge >= 0.3 is 0 Å². The minimum atomic E-state index is 0.111. The van der Waals surface area contributed by atoms with E-state index in [4.69, 9.17) is 10.5 Å².